The molecule has 0 amide bonds. The number of hydrogen-bond donors (Lipinski definition) is 1. The lowest BCUT2D eigenvalue weighted by molar-refractivity contribution is 0.308. The van der Waals surface area contributed by atoms with Gasteiger partial charge < -0.3 is 5.32 Å². The minimum Gasteiger partial charge on any atom is -0.313 e. The standard InChI is InChI=1S/C19H31N/c1-5-14-20-18(12-13-19(2,3)4)17-11-10-15-8-6-7-9-16(15)17/h6-9,17-18,20H,5,10-14H2,1-4H3. The van der Waals surface area contributed by atoms with Crippen LogP contribution in [0.3, 0.4) is 0 Å². The summed E-state index contributed by atoms with van der Waals surface area (Å²) in [5.74, 6) is 0.722. The third-order valence-electron chi connectivity index (χ3n) is 4.53. The lowest BCUT2D eigenvalue weighted by Crippen LogP contribution is -2.35. The number of fused-ring (bicyclic) bond motifs is 1. The third kappa shape index (κ3) is 4.09. The first kappa shape index (κ1) is 15.6. The van der Waals surface area contributed by atoms with Crippen molar-refractivity contribution in [1.82, 2.24) is 5.32 Å². The number of rotatable bonds is 6. The Morgan fingerprint density at radius 1 is 1.25 bits per heavy atom. The van der Waals surface area contributed by atoms with Gasteiger partial charge in [-0.15, -0.1) is 0 Å². The van der Waals surface area contributed by atoms with E-state index in [1.165, 1.54) is 32.1 Å². The van der Waals surface area contributed by atoms with Crippen molar-refractivity contribution >= 4 is 0 Å². The normalized spacial score (nSPS) is 19.9. The second kappa shape index (κ2) is 6.76. The number of hydrogen-bond acceptors (Lipinski definition) is 1. The average Bonchev–Trinajstić information content (AvgIpc) is 2.82. The molecule has 1 N–H and O–H groups in total. The SMILES string of the molecule is CCCNC(CCC(C)(C)C)C1CCc2ccccc21. The minimum atomic E-state index is 0.435. The molecule has 1 aliphatic carbocycles. The van der Waals surface area contributed by atoms with Gasteiger partial charge in [0, 0.05) is 6.04 Å². The van der Waals surface area contributed by atoms with E-state index in [-0.39, 0.29) is 0 Å². The minimum absolute atomic E-state index is 0.435. The Labute approximate surface area is 125 Å². The smallest absolute Gasteiger partial charge is 0.0136 e. The molecule has 1 aromatic carbocycles. The van der Waals surface area contributed by atoms with Crippen LogP contribution in [0.15, 0.2) is 24.3 Å². The number of benzene rings is 1. The van der Waals surface area contributed by atoms with Gasteiger partial charge in [0.05, 0.1) is 0 Å². The third-order valence-corrected chi connectivity index (χ3v) is 4.53. The molecule has 1 aromatic rings. The van der Waals surface area contributed by atoms with Crippen LogP contribution < -0.4 is 5.32 Å². The van der Waals surface area contributed by atoms with Gasteiger partial charge in [0.1, 0.15) is 0 Å². The van der Waals surface area contributed by atoms with Gasteiger partial charge in [-0.1, -0.05) is 52.0 Å². The Balaban J connectivity index is 2.07. The van der Waals surface area contributed by atoms with E-state index in [9.17, 15) is 0 Å². The van der Waals surface area contributed by atoms with Crippen LogP contribution in [0.5, 0.6) is 0 Å². The molecule has 1 heteroatoms. The summed E-state index contributed by atoms with van der Waals surface area (Å²) in [5.41, 5.74) is 3.62. The van der Waals surface area contributed by atoms with Gasteiger partial charge in [0.2, 0.25) is 0 Å². The Bertz CT molecular complexity index is 416. The fourth-order valence-corrected chi connectivity index (χ4v) is 3.37. The fraction of sp³-hybridized carbons (Fsp3) is 0.684. The average molecular weight is 273 g/mol. The van der Waals surface area contributed by atoms with Crippen LogP contribution >= 0.6 is 0 Å². The Morgan fingerprint density at radius 3 is 2.70 bits per heavy atom. The van der Waals surface area contributed by atoms with E-state index in [1.807, 2.05) is 0 Å². The highest BCUT2D eigenvalue weighted by Crippen LogP contribution is 2.37. The summed E-state index contributed by atoms with van der Waals surface area (Å²) < 4.78 is 0. The lowest BCUT2D eigenvalue weighted by Gasteiger charge is -2.29. The maximum absolute atomic E-state index is 3.82. The zero-order chi connectivity index (χ0) is 14.6. The van der Waals surface area contributed by atoms with Gasteiger partial charge in [-0.25, -0.2) is 0 Å². The monoisotopic (exact) mass is 273 g/mol. The van der Waals surface area contributed by atoms with Crippen molar-refractivity contribution < 1.29 is 0 Å². The Morgan fingerprint density at radius 2 is 2.00 bits per heavy atom. The van der Waals surface area contributed by atoms with E-state index >= 15 is 0 Å². The maximum atomic E-state index is 3.82. The van der Waals surface area contributed by atoms with Crippen LogP contribution in [-0.2, 0) is 6.42 Å². The summed E-state index contributed by atoms with van der Waals surface area (Å²) in [6.07, 6.45) is 6.40. The molecule has 0 bridgehead atoms. The summed E-state index contributed by atoms with van der Waals surface area (Å²) in [7, 11) is 0. The molecular weight excluding hydrogens is 242 g/mol. The van der Waals surface area contributed by atoms with Crippen molar-refractivity contribution in [3.8, 4) is 0 Å². The Hall–Kier alpha value is -0.820. The van der Waals surface area contributed by atoms with Crippen molar-refractivity contribution in [3.63, 3.8) is 0 Å². The molecule has 0 aromatic heterocycles. The van der Waals surface area contributed by atoms with Crippen molar-refractivity contribution in [2.24, 2.45) is 5.41 Å². The van der Waals surface area contributed by atoms with E-state index in [2.05, 4.69) is 57.3 Å². The van der Waals surface area contributed by atoms with Gasteiger partial charge in [0.15, 0.2) is 0 Å². The zero-order valence-corrected chi connectivity index (χ0v) is 13.7. The van der Waals surface area contributed by atoms with Gasteiger partial charge in [0.25, 0.3) is 0 Å². The summed E-state index contributed by atoms with van der Waals surface area (Å²) in [4.78, 5) is 0. The Kier molecular flexibility index (Phi) is 5.26. The number of nitrogens with one attached hydrogen (secondary N) is 1. The molecule has 0 spiro atoms. The first-order chi connectivity index (χ1) is 9.51. The molecular formula is C19H31N. The van der Waals surface area contributed by atoms with Gasteiger partial charge in [-0.05, 0) is 61.1 Å². The molecule has 2 unspecified atom stereocenters. The maximum Gasteiger partial charge on any atom is 0.0136 e. The highest BCUT2D eigenvalue weighted by atomic mass is 14.9. The summed E-state index contributed by atoms with van der Waals surface area (Å²) in [6.45, 7) is 10.5. The van der Waals surface area contributed by atoms with E-state index in [4.69, 9.17) is 0 Å². The molecule has 0 aliphatic heterocycles. The first-order valence-corrected chi connectivity index (χ1v) is 8.32. The molecule has 1 nitrogen and oxygen atoms in total. The van der Waals surface area contributed by atoms with Crippen LogP contribution in [0, 0.1) is 5.41 Å². The molecule has 112 valence electrons. The van der Waals surface area contributed by atoms with E-state index < -0.39 is 0 Å². The van der Waals surface area contributed by atoms with Crippen LogP contribution in [0.25, 0.3) is 0 Å². The van der Waals surface area contributed by atoms with E-state index in [0.29, 0.717) is 11.5 Å². The largest absolute Gasteiger partial charge is 0.313 e. The van der Waals surface area contributed by atoms with Gasteiger partial charge in [-0.3, -0.25) is 0 Å². The molecule has 0 heterocycles. The van der Waals surface area contributed by atoms with Crippen molar-refractivity contribution in [2.45, 2.75) is 71.8 Å². The molecule has 2 rings (SSSR count). The highest BCUT2D eigenvalue weighted by Gasteiger charge is 2.29. The topological polar surface area (TPSA) is 12.0 Å². The van der Waals surface area contributed by atoms with Crippen molar-refractivity contribution in [1.29, 1.82) is 0 Å². The van der Waals surface area contributed by atoms with Crippen LogP contribution in [0.4, 0.5) is 0 Å². The predicted molar refractivity (Wildman–Crippen MR) is 88.3 cm³/mol. The summed E-state index contributed by atoms with van der Waals surface area (Å²) in [6, 6.07) is 9.71. The van der Waals surface area contributed by atoms with Crippen molar-refractivity contribution in [3.05, 3.63) is 35.4 Å². The summed E-state index contributed by atoms with van der Waals surface area (Å²) >= 11 is 0. The molecule has 0 saturated heterocycles. The molecule has 2 atom stereocenters. The molecule has 20 heavy (non-hydrogen) atoms. The predicted octanol–water partition coefficient (Wildman–Crippen LogP) is 4.91. The highest BCUT2D eigenvalue weighted by molar-refractivity contribution is 5.36. The van der Waals surface area contributed by atoms with E-state index in [0.717, 1.165) is 12.5 Å². The second-order valence-electron chi connectivity index (χ2n) is 7.50. The molecule has 1 aliphatic rings. The quantitative estimate of drug-likeness (QED) is 0.776. The molecule has 0 radical (unpaired) electrons. The van der Waals surface area contributed by atoms with Crippen LogP contribution in [0.1, 0.15) is 70.4 Å². The molecule has 0 fully saturated rings. The molecule has 0 saturated carbocycles. The van der Waals surface area contributed by atoms with Crippen LogP contribution in [-0.4, -0.2) is 12.6 Å². The second-order valence-corrected chi connectivity index (χ2v) is 7.50. The van der Waals surface area contributed by atoms with Gasteiger partial charge >= 0.3 is 0 Å². The first-order valence-electron chi connectivity index (χ1n) is 8.32. The fourth-order valence-electron chi connectivity index (χ4n) is 3.37. The zero-order valence-electron chi connectivity index (χ0n) is 13.7. The number of aryl methyl sites for hydroxylation is 1. The lowest BCUT2D eigenvalue weighted by atomic mass is 9.83. The van der Waals surface area contributed by atoms with Crippen molar-refractivity contribution in [2.75, 3.05) is 6.54 Å². The van der Waals surface area contributed by atoms with Gasteiger partial charge in [-0.2, -0.15) is 0 Å². The summed E-state index contributed by atoms with van der Waals surface area (Å²) in [5, 5.41) is 3.82. The van der Waals surface area contributed by atoms with E-state index in [1.54, 1.807) is 11.1 Å². The van der Waals surface area contributed by atoms with Crippen LogP contribution in [0.2, 0.25) is 0 Å².